The van der Waals surface area contributed by atoms with E-state index in [0.29, 0.717) is 12.1 Å². The summed E-state index contributed by atoms with van der Waals surface area (Å²) in [7, 11) is 0. The summed E-state index contributed by atoms with van der Waals surface area (Å²) in [4.78, 5) is 14.2. The second-order valence-corrected chi connectivity index (χ2v) is 6.10. The molecule has 1 aromatic heterocycles. The highest BCUT2D eigenvalue weighted by Crippen LogP contribution is 2.32. The summed E-state index contributed by atoms with van der Waals surface area (Å²) >= 11 is 0. The Kier molecular flexibility index (Phi) is 3.43. The average molecular weight is 290 g/mol. The van der Waals surface area contributed by atoms with Crippen molar-refractivity contribution in [3.05, 3.63) is 11.8 Å². The Bertz CT molecular complexity index is 502. The van der Waals surface area contributed by atoms with Gasteiger partial charge in [-0.3, -0.25) is 0 Å². The quantitative estimate of drug-likeness (QED) is 0.809. The van der Waals surface area contributed by atoms with Gasteiger partial charge in [0, 0.05) is 24.8 Å². The van der Waals surface area contributed by atoms with Crippen molar-refractivity contribution in [2.75, 3.05) is 49.3 Å². The predicted molar refractivity (Wildman–Crippen MR) is 79.9 cm³/mol. The third-order valence-electron chi connectivity index (χ3n) is 4.64. The summed E-state index contributed by atoms with van der Waals surface area (Å²) in [6.45, 7) is 7.04. The van der Waals surface area contributed by atoms with Gasteiger partial charge in [0.15, 0.2) is 0 Å². The number of aryl methyl sites for hydroxylation is 1. The zero-order valence-electron chi connectivity index (χ0n) is 12.5. The molecule has 3 aliphatic rings. The number of ether oxygens (including phenoxy) is 2. The maximum atomic E-state index is 5.66. The summed E-state index contributed by atoms with van der Waals surface area (Å²) in [6, 6.07) is 2.98. The molecule has 0 aromatic carbocycles. The highest BCUT2D eigenvalue weighted by molar-refractivity contribution is 5.48. The van der Waals surface area contributed by atoms with Crippen LogP contribution in [0.3, 0.4) is 0 Å². The SMILES string of the molecule is Cc1cc(N2CCOCC2)nc(N2C3CCC2COC3)n1. The lowest BCUT2D eigenvalue weighted by Crippen LogP contribution is -2.47. The van der Waals surface area contributed by atoms with Gasteiger partial charge in [0.25, 0.3) is 0 Å². The first-order valence-corrected chi connectivity index (χ1v) is 7.86. The second kappa shape index (κ2) is 5.42. The fourth-order valence-electron chi connectivity index (χ4n) is 3.56. The molecule has 21 heavy (non-hydrogen) atoms. The first-order chi connectivity index (χ1) is 10.3. The number of morpholine rings is 2. The fourth-order valence-corrected chi connectivity index (χ4v) is 3.56. The van der Waals surface area contributed by atoms with Crippen LogP contribution in [0.1, 0.15) is 18.5 Å². The number of fused-ring (bicyclic) bond motifs is 2. The van der Waals surface area contributed by atoms with E-state index in [4.69, 9.17) is 19.4 Å². The summed E-state index contributed by atoms with van der Waals surface area (Å²) in [5.41, 5.74) is 1.03. The lowest BCUT2D eigenvalue weighted by molar-refractivity contribution is 0.0897. The van der Waals surface area contributed by atoms with Crippen molar-refractivity contribution < 1.29 is 9.47 Å². The van der Waals surface area contributed by atoms with Crippen molar-refractivity contribution >= 4 is 11.8 Å². The molecule has 0 spiro atoms. The van der Waals surface area contributed by atoms with Gasteiger partial charge in [-0.1, -0.05) is 0 Å². The molecule has 1 aromatic rings. The number of hydrogen-bond donors (Lipinski definition) is 0. The molecule has 0 N–H and O–H groups in total. The van der Waals surface area contributed by atoms with E-state index in [1.165, 1.54) is 12.8 Å². The van der Waals surface area contributed by atoms with Gasteiger partial charge in [0.2, 0.25) is 5.95 Å². The molecular formula is C15H22N4O2. The molecule has 2 unspecified atom stereocenters. The van der Waals surface area contributed by atoms with Crippen molar-refractivity contribution in [2.24, 2.45) is 0 Å². The third-order valence-corrected chi connectivity index (χ3v) is 4.64. The molecule has 6 heteroatoms. The largest absolute Gasteiger partial charge is 0.378 e. The van der Waals surface area contributed by atoms with Gasteiger partial charge in [-0.25, -0.2) is 4.98 Å². The Morgan fingerprint density at radius 2 is 1.76 bits per heavy atom. The Hall–Kier alpha value is -1.40. The normalized spacial score (nSPS) is 29.0. The van der Waals surface area contributed by atoms with E-state index in [2.05, 4.69) is 22.8 Å². The molecule has 2 bridgehead atoms. The van der Waals surface area contributed by atoms with Gasteiger partial charge in [-0.2, -0.15) is 4.98 Å². The third kappa shape index (κ3) is 2.46. The van der Waals surface area contributed by atoms with Gasteiger partial charge in [-0.05, 0) is 19.8 Å². The zero-order chi connectivity index (χ0) is 14.2. The molecule has 114 valence electrons. The average Bonchev–Trinajstić information content (AvgIpc) is 2.77. The van der Waals surface area contributed by atoms with Gasteiger partial charge < -0.3 is 19.3 Å². The Morgan fingerprint density at radius 3 is 2.48 bits per heavy atom. The van der Waals surface area contributed by atoms with Crippen LogP contribution in [0.15, 0.2) is 6.07 Å². The van der Waals surface area contributed by atoms with E-state index >= 15 is 0 Å². The molecule has 4 heterocycles. The van der Waals surface area contributed by atoms with Gasteiger partial charge in [0.1, 0.15) is 5.82 Å². The van der Waals surface area contributed by atoms with Crippen LogP contribution in [0, 0.1) is 6.92 Å². The van der Waals surface area contributed by atoms with Crippen molar-refractivity contribution in [1.29, 1.82) is 0 Å². The van der Waals surface area contributed by atoms with Crippen LogP contribution in [0.4, 0.5) is 11.8 Å². The van der Waals surface area contributed by atoms with Crippen LogP contribution in [-0.4, -0.2) is 61.6 Å². The number of aromatic nitrogens is 2. The van der Waals surface area contributed by atoms with E-state index in [-0.39, 0.29) is 0 Å². The summed E-state index contributed by atoms with van der Waals surface area (Å²) < 4.78 is 11.1. The van der Waals surface area contributed by atoms with Crippen molar-refractivity contribution in [3.63, 3.8) is 0 Å². The Balaban J connectivity index is 1.64. The van der Waals surface area contributed by atoms with E-state index < -0.39 is 0 Å². The van der Waals surface area contributed by atoms with Crippen molar-refractivity contribution in [1.82, 2.24) is 9.97 Å². The topological polar surface area (TPSA) is 50.7 Å². The fraction of sp³-hybridized carbons (Fsp3) is 0.733. The Morgan fingerprint density at radius 1 is 1.05 bits per heavy atom. The van der Waals surface area contributed by atoms with Gasteiger partial charge in [0.05, 0.1) is 38.5 Å². The minimum absolute atomic E-state index is 0.447. The second-order valence-electron chi connectivity index (χ2n) is 6.10. The van der Waals surface area contributed by atoms with E-state index in [9.17, 15) is 0 Å². The maximum absolute atomic E-state index is 5.66. The smallest absolute Gasteiger partial charge is 0.228 e. The molecule has 2 atom stereocenters. The molecule has 0 radical (unpaired) electrons. The lowest BCUT2D eigenvalue weighted by Gasteiger charge is -2.35. The van der Waals surface area contributed by atoms with Crippen LogP contribution in [0.25, 0.3) is 0 Å². The molecule has 0 amide bonds. The predicted octanol–water partition coefficient (Wildman–Crippen LogP) is 0.989. The summed E-state index contributed by atoms with van der Waals surface area (Å²) in [6.07, 6.45) is 2.38. The molecule has 3 aliphatic heterocycles. The molecule has 6 nitrogen and oxygen atoms in total. The number of rotatable bonds is 2. The summed E-state index contributed by atoms with van der Waals surface area (Å²) in [5.74, 6) is 1.92. The molecule has 4 rings (SSSR count). The van der Waals surface area contributed by atoms with Crippen LogP contribution < -0.4 is 9.80 Å². The van der Waals surface area contributed by atoms with E-state index in [1.54, 1.807) is 0 Å². The van der Waals surface area contributed by atoms with Gasteiger partial charge in [-0.15, -0.1) is 0 Å². The standard InChI is InChI=1S/C15H22N4O2/c1-11-8-14(18-4-6-20-7-5-18)17-15(16-11)19-12-2-3-13(19)10-21-9-12/h8,12-13H,2-7,9-10H2,1H3. The lowest BCUT2D eigenvalue weighted by atomic mass is 10.2. The van der Waals surface area contributed by atoms with Gasteiger partial charge >= 0.3 is 0 Å². The first kappa shape index (κ1) is 13.3. The molecule has 3 fully saturated rings. The maximum Gasteiger partial charge on any atom is 0.228 e. The first-order valence-electron chi connectivity index (χ1n) is 7.86. The molecule has 0 aliphatic carbocycles. The number of hydrogen-bond acceptors (Lipinski definition) is 6. The van der Waals surface area contributed by atoms with E-state index in [1.807, 2.05) is 0 Å². The summed E-state index contributed by atoms with van der Waals surface area (Å²) in [5, 5.41) is 0. The van der Waals surface area contributed by atoms with Crippen LogP contribution in [0.2, 0.25) is 0 Å². The molecular weight excluding hydrogens is 268 g/mol. The van der Waals surface area contributed by atoms with Crippen LogP contribution in [0.5, 0.6) is 0 Å². The highest BCUT2D eigenvalue weighted by Gasteiger charge is 2.39. The monoisotopic (exact) mass is 290 g/mol. The zero-order valence-corrected chi connectivity index (χ0v) is 12.5. The highest BCUT2D eigenvalue weighted by atomic mass is 16.5. The van der Waals surface area contributed by atoms with Crippen molar-refractivity contribution in [2.45, 2.75) is 31.8 Å². The minimum Gasteiger partial charge on any atom is -0.378 e. The number of nitrogens with zero attached hydrogens (tertiary/aromatic N) is 4. The Labute approximate surface area is 125 Å². The van der Waals surface area contributed by atoms with Crippen LogP contribution >= 0.6 is 0 Å². The molecule has 0 saturated carbocycles. The van der Waals surface area contributed by atoms with Crippen molar-refractivity contribution in [3.8, 4) is 0 Å². The minimum atomic E-state index is 0.447. The van der Waals surface area contributed by atoms with E-state index in [0.717, 1.165) is 57.0 Å². The van der Waals surface area contributed by atoms with Crippen LogP contribution in [-0.2, 0) is 9.47 Å². The number of anilines is 2. The molecule has 3 saturated heterocycles.